The van der Waals surface area contributed by atoms with Crippen molar-refractivity contribution in [2.45, 2.75) is 12.8 Å². The van der Waals surface area contributed by atoms with Gasteiger partial charge in [0.1, 0.15) is 5.82 Å². The minimum Gasteiger partial charge on any atom is -0.294 e. The standard InChI is InChI=1S/C15H10BrCl3N2/c1-8-2-3-13(9(16)4-8)21-14-6-11(19)10(18)5-12(14)20-15(21)7-17/h2-6H,7H2,1H3. The molecular weight excluding hydrogens is 394 g/mol. The molecule has 0 aliphatic rings. The Balaban J connectivity index is 2.37. The van der Waals surface area contributed by atoms with Crippen molar-refractivity contribution in [3.63, 3.8) is 0 Å². The highest BCUT2D eigenvalue weighted by molar-refractivity contribution is 9.10. The summed E-state index contributed by atoms with van der Waals surface area (Å²) in [5.41, 5.74) is 3.79. The lowest BCUT2D eigenvalue weighted by Gasteiger charge is -2.11. The molecule has 21 heavy (non-hydrogen) atoms. The zero-order valence-corrected chi connectivity index (χ0v) is 14.9. The molecule has 1 heterocycles. The van der Waals surface area contributed by atoms with Crippen molar-refractivity contribution in [1.82, 2.24) is 9.55 Å². The van der Waals surface area contributed by atoms with Gasteiger partial charge in [0.2, 0.25) is 0 Å². The van der Waals surface area contributed by atoms with E-state index in [-0.39, 0.29) is 0 Å². The second-order valence-electron chi connectivity index (χ2n) is 4.71. The number of imidazole rings is 1. The molecular formula is C15H10BrCl3N2. The first kappa shape index (κ1) is 15.2. The predicted octanol–water partition coefficient (Wildman–Crippen LogP) is 6.14. The first-order valence-electron chi connectivity index (χ1n) is 6.20. The van der Waals surface area contributed by atoms with Crippen LogP contribution in [0.2, 0.25) is 10.0 Å². The van der Waals surface area contributed by atoms with Crippen LogP contribution in [0, 0.1) is 6.92 Å². The molecule has 0 aliphatic carbocycles. The van der Waals surface area contributed by atoms with Crippen LogP contribution in [-0.4, -0.2) is 9.55 Å². The maximum absolute atomic E-state index is 6.15. The zero-order chi connectivity index (χ0) is 15.1. The van der Waals surface area contributed by atoms with Crippen LogP contribution in [0.5, 0.6) is 0 Å². The van der Waals surface area contributed by atoms with Gasteiger partial charge in [-0.25, -0.2) is 4.98 Å². The highest BCUT2D eigenvalue weighted by Gasteiger charge is 2.15. The summed E-state index contributed by atoms with van der Waals surface area (Å²) in [6, 6.07) is 9.69. The minimum atomic E-state index is 0.296. The molecule has 0 bridgehead atoms. The van der Waals surface area contributed by atoms with E-state index >= 15 is 0 Å². The fourth-order valence-electron chi connectivity index (χ4n) is 2.27. The summed E-state index contributed by atoms with van der Waals surface area (Å²) in [5, 5.41) is 0.979. The summed E-state index contributed by atoms with van der Waals surface area (Å²) in [4.78, 5) is 4.54. The van der Waals surface area contributed by atoms with Gasteiger partial charge in [0, 0.05) is 4.47 Å². The van der Waals surface area contributed by atoms with Gasteiger partial charge in [-0.3, -0.25) is 4.57 Å². The van der Waals surface area contributed by atoms with Gasteiger partial charge in [0.25, 0.3) is 0 Å². The largest absolute Gasteiger partial charge is 0.294 e. The lowest BCUT2D eigenvalue weighted by molar-refractivity contribution is 0.976. The lowest BCUT2D eigenvalue weighted by atomic mass is 10.2. The number of benzene rings is 2. The van der Waals surface area contributed by atoms with Gasteiger partial charge in [-0.05, 0) is 52.7 Å². The third kappa shape index (κ3) is 2.68. The molecule has 0 aliphatic heterocycles. The van der Waals surface area contributed by atoms with Crippen molar-refractivity contribution in [3.05, 3.63) is 56.2 Å². The molecule has 1 aromatic heterocycles. The summed E-state index contributed by atoms with van der Waals surface area (Å²) in [5.74, 6) is 1.04. The Labute approximate surface area is 145 Å². The first-order valence-corrected chi connectivity index (χ1v) is 8.28. The van der Waals surface area contributed by atoms with E-state index in [1.165, 1.54) is 5.56 Å². The highest BCUT2D eigenvalue weighted by atomic mass is 79.9. The Morgan fingerprint density at radius 1 is 1.14 bits per heavy atom. The first-order chi connectivity index (χ1) is 10.0. The van der Waals surface area contributed by atoms with Gasteiger partial charge in [-0.1, -0.05) is 29.3 Å². The summed E-state index contributed by atoms with van der Waals surface area (Å²) in [6.07, 6.45) is 0. The molecule has 0 amide bonds. The van der Waals surface area contributed by atoms with Gasteiger partial charge in [0.15, 0.2) is 0 Å². The Kier molecular flexibility index (Phi) is 4.19. The molecule has 0 N–H and O–H groups in total. The van der Waals surface area contributed by atoms with Crippen LogP contribution < -0.4 is 0 Å². The molecule has 3 rings (SSSR count). The second-order valence-corrected chi connectivity index (χ2v) is 6.64. The molecule has 6 heteroatoms. The molecule has 2 aromatic carbocycles. The molecule has 0 radical (unpaired) electrons. The van der Waals surface area contributed by atoms with Gasteiger partial charge >= 0.3 is 0 Å². The van der Waals surface area contributed by atoms with Crippen LogP contribution in [0.1, 0.15) is 11.4 Å². The summed E-state index contributed by atoms with van der Waals surface area (Å²) < 4.78 is 2.97. The topological polar surface area (TPSA) is 17.8 Å². The fourth-order valence-corrected chi connectivity index (χ4v) is 3.44. The van der Waals surface area contributed by atoms with Crippen LogP contribution in [-0.2, 0) is 5.88 Å². The SMILES string of the molecule is Cc1ccc(-n2c(CCl)nc3cc(Cl)c(Cl)cc32)c(Br)c1. The zero-order valence-electron chi connectivity index (χ0n) is 11.0. The normalized spacial score (nSPS) is 11.3. The third-order valence-corrected chi connectivity index (χ3v) is 4.83. The van der Waals surface area contributed by atoms with E-state index in [2.05, 4.69) is 27.0 Å². The summed E-state index contributed by atoms with van der Waals surface area (Å²) >= 11 is 21.9. The molecule has 0 atom stereocenters. The molecule has 0 saturated heterocycles. The van der Waals surface area contributed by atoms with Gasteiger partial charge < -0.3 is 0 Å². The van der Waals surface area contributed by atoms with Crippen molar-refractivity contribution in [2.24, 2.45) is 0 Å². The quantitative estimate of drug-likeness (QED) is 0.469. The summed E-state index contributed by atoms with van der Waals surface area (Å²) in [7, 11) is 0. The number of rotatable bonds is 2. The molecule has 0 spiro atoms. The maximum Gasteiger partial charge on any atom is 0.129 e. The van der Waals surface area contributed by atoms with E-state index in [0.29, 0.717) is 15.9 Å². The number of fused-ring (bicyclic) bond motifs is 1. The fraction of sp³-hybridized carbons (Fsp3) is 0.133. The van der Waals surface area contributed by atoms with Gasteiger partial charge in [-0.2, -0.15) is 0 Å². The van der Waals surface area contributed by atoms with Crippen molar-refractivity contribution in [3.8, 4) is 5.69 Å². The third-order valence-electron chi connectivity index (χ3n) is 3.23. The number of aryl methyl sites for hydroxylation is 1. The molecule has 0 unspecified atom stereocenters. The van der Waals surface area contributed by atoms with Crippen LogP contribution in [0.3, 0.4) is 0 Å². The smallest absolute Gasteiger partial charge is 0.129 e. The molecule has 3 aromatic rings. The number of alkyl halides is 1. The molecule has 0 saturated carbocycles. The molecule has 0 fully saturated rings. The maximum atomic E-state index is 6.15. The average molecular weight is 405 g/mol. The summed E-state index contributed by atoms with van der Waals surface area (Å²) in [6.45, 7) is 2.04. The predicted molar refractivity (Wildman–Crippen MR) is 93.1 cm³/mol. The minimum absolute atomic E-state index is 0.296. The lowest BCUT2D eigenvalue weighted by Crippen LogP contribution is -2.00. The van der Waals surface area contributed by atoms with Gasteiger partial charge in [-0.15, -0.1) is 11.6 Å². The molecule has 2 nitrogen and oxygen atoms in total. The number of nitrogens with zero attached hydrogens (tertiary/aromatic N) is 2. The van der Waals surface area contributed by atoms with Crippen LogP contribution in [0.25, 0.3) is 16.7 Å². The van der Waals surface area contributed by atoms with Crippen molar-refractivity contribution >= 4 is 61.8 Å². The van der Waals surface area contributed by atoms with Crippen LogP contribution in [0.4, 0.5) is 0 Å². The number of hydrogen-bond donors (Lipinski definition) is 0. The average Bonchev–Trinajstić information content (AvgIpc) is 2.77. The number of hydrogen-bond acceptors (Lipinski definition) is 1. The van der Waals surface area contributed by atoms with E-state index in [9.17, 15) is 0 Å². The van der Waals surface area contributed by atoms with Crippen LogP contribution >= 0.6 is 50.7 Å². The van der Waals surface area contributed by atoms with E-state index < -0.39 is 0 Å². The van der Waals surface area contributed by atoms with Crippen molar-refractivity contribution < 1.29 is 0 Å². The van der Waals surface area contributed by atoms with E-state index in [0.717, 1.165) is 27.0 Å². The second kappa shape index (κ2) is 5.81. The van der Waals surface area contributed by atoms with Crippen LogP contribution in [0.15, 0.2) is 34.8 Å². The van der Waals surface area contributed by atoms with Crippen molar-refractivity contribution in [2.75, 3.05) is 0 Å². The Bertz CT molecular complexity index is 843. The monoisotopic (exact) mass is 402 g/mol. The van der Waals surface area contributed by atoms with E-state index in [4.69, 9.17) is 34.8 Å². The van der Waals surface area contributed by atoms with Gasteiger partial charge in [0.05, 0.1) is 32.6 Å². The molecule has 108 valence electrons. The number of aromatic nitrogens is 2. The Hall–Kier alpha value is -0.740. The van der Waals surface area contributed by atoms with E-state index in [1.807, 2.05) is 29.7 Å². The Morgan fingerprint density at radius 2 is 1.86 bits per heavy atom. The van der Waals surface area contributed by atoms with E-state index in [1.54, 1.807) is 6.07 Å². The number of halogens is 4. The highest BCUT2D eigenvalue weighted by Crippen LogP contribution is 2.33. The van der Waals surface area contributed by atoms with Crippen molar-refractivity contribution in [1.29, 1.82) is 0 Å². The Morgan fingerprint density at radius 3 is 2.52 bits per heavy atom.